The Morgan fingerprint density at radius 2 is 1.77 bits per heavy atom. The summed E-state index contributed by atoms with van der Waals surface area (Å²) in [6, 6.07) is 20.2. The van der Waals surface area contributed by atoms with Crippen LogP contribution < -0.4 is 14.2 Å². The van der Waals surface area contributed by atoms with Crippen LogP contribution in [0.4, 0.5) is 0 Å². The van der Waals surface area contributed by atoms with Gasteiger partial charge in [-0.05, 0) is 58.9 Å². The third kappa shape index (κ3) is 4.93. The van der Waals surface area contributed by atoms with Gasteiger partial charge in [0.25, 0.3) is 5.19 Å². The highest BCUT2D eigenvalue weighted by Gasteiger charge is 2.17. The van der Waals surface area contributed by atoms with E-state index in [2.05, 4.69) is 10.1 Å². The molecule has 0 radical (unpaired) electrons. The summed E-state index contributed by atoms with van der Waals surface area (Å²) in [4.78, 5) is 5.61. The monoisotopic (exact) mass is 561 g/mol. The summed E-state index contributed by atoms with van der Waals surface area (Å²) in [6.45, 7) is 0.278. The van der Waals surface area contributed by atoms with E-state index >= 15 is 0 Å². The van der Waals surface area contributed by atoms with Gasteiger partial charge in [-0.3, -0.25) is 0 Å². The number of ether oxygens (including phenoxy) is 3. The average molecular weight is 562 g/mol. The van der Waals surface area contributed by atoms with E-state index in [0.29, 0.717) is 38.7 Å². The normalized spacial score (nSPS) is 11.8. The summed E-state index contributed by atoms with van der Waals surface area (Å²) >= 11 is 1.35. The van der Waals surface area contributed by atoms with Gasteiger partial charge in [-0.25, -0.2) is 17.9 Å². The zero-order valence-electron chi connectivity index (χ0n) is 21.2. The molecule has 6 aromatic rings. The Balaban J connectivity index is 1.27. The molecule has 0 bridgehead atoms. The minimum absolute atomic E-state index is 0.278. The van der Waals surface area contributed by atoms with Crippen molar-refractivity contribution in [3.8, 4) is 39.3 Å². The number of methoxy groups -OCH3 is 2. The first kappa shape index (κ1) is 25.0. The summed E-state index contributed by atoms with van der Waals surface area (Å²) in [7, 11) is -0.0702. The van der Waals surface area contributed by atoms with Crippen molar-refractivity contribution in [3.63, 3.8) is 0 Å². The number of hydrogen-bond acceptors (Lipinski definition) is 9. The molecule has 0 spiro atoms. The molecule has 0 amide bonds. The largest absolute Gasteiger partial charge is 0.497 e. The average Bonchev–Trinajstić information content (AvgIpc) is 3.64. The van der Waals surface area contributed by atoms with Crippen LogP contribution in [-0.2, 0) is 16.4 Å². The molecule has 198 valence electrons. The number of fused-ring (bicyclic) bond motifs is 2. The number of sulfone groups is 1. The molecule has 0 N–H and O–H groups in total. The molecule has 6 rings (SSSR count). The fourth-order valence-electron chi connectivity index (χ4n) is 4.25. The summed E-state index contributed by atoms with van der Waals surface area (Å²) in [5, 5.41) is 5.75. The van der Waals surface area contributed by atoms with Crippen molar-refractivity contribution < 1.29 is 27.0 Å². The molecule has 3 aromatic heterocycles. The number of imidazole rings is 1. The van der Waals surface area contributed by atoms with Gasteiger partial charge in [0.2, 0.25) is 4.96 Å². The first-order chi connectivity index (χ1) is 18.8. The minimum Gasteiger partial charge on any atom is -0.497 e. The summed E-state index contributed by atoms with van der Waals surface area (Å²) in [5.41, 5.74) is 4.02. The zero-order valence-corrected chi connectivity index (χ0v) is 22.9. The van der Waals surface area contributed by atoms with E-state index in [1.807, 2.05) is 42.5 Å². The van der Waals surface area contributed by atoms with Gasteiger partial charge in [0.15, 0.2) is 15.6 Å². The van der Waals surface area contributed by atoms with Crippen molar-refractivity contribution in [2.24, 2.45) is 0 Å². The number of aromatic nitrogens is 3. The van der Waals surface area contributed by atoms with E-state index in [1.54, 1.807) is 49.2 Å². The van der Waals surface area contributed by atoms with Crippen molar-refractivity contribution in [1.29, 1.82) is 0 Å². The summed E-state index contributed by atoms with van der Waals surface area (Å²) in [6.07, 6.45) is 2.99. The van der Waals surface area contributed by atoms with Crippen molar-refractivity contribution in [1.82, 2.24) is 14.6 Å². The van der Waals surface area contributed by atoms with Crippen molar-refractivity contribution >= 4 is 37.1 Å². The van der Waals surface area contributed by atoms with Crippen LogP contribution in [0, 0.1) is 0 Å². The highest BCUT2D eigenvalue weighted by atomic mass is 32.2. The molecular formula is C28H23N3O6S2. The number of furan rings is 1. The first-order valence-electron chi connectivity index (χ1n) is 11.8. The molecule has 0 aliphatic heterocycles. The maximum atomic E-state index is 11.8. The van der Waals surface area contributed by atoms with Crippen molar-refractivity contribution in [2.45, 2.75) is 11.5 Å². The number of benzene rings is 3. The lowest BCUT2D eigenvalue weighted by atomic mass is 10.1. The molecule has 0 saturated heterocycles. The lowest BCUT2D eigenvalue weighted by Gasteiger charge is -2.10. The van der Waals surface area contributed by atoms with Crippen LogP contribution in [0.1, 0.15) is 5.56 Å². The van der Waals surface area contributed by atoms with E-state index in [4.69, 9.17) is 18.6 Å². The van der Waals surface area contributed by atoms with Crippen LogP contribution in [0.3, 0.4) is 0 Å². The van der Waals surface area contributed by atoms with Gasteiger partial charge < -0.3 is 18.6 Å². The molecule has 3 heterocycles. The third-order valence-electron chi connectivity index (χ3n) is 6.23. The van der Waals surface area contributed by atoms with Gasteiger partial charge in [-0.1, -0.05) is 24.3 Å². The number of rotatable bonds is 8. The quantitative estimate of drug-likeness (QED) is 0.227. The molecule has 9 nitrogen and oxygen atoms in total. The summed E-state index contributed by atoms with van der Waals surface area (Å²) < 4.78 is 48.2. The van der Waals surface area contributed by atoms with E-state index in [-0.39, 0.29) is 11.5 Å². The van der Waals surface area contributed by atoms with Gasteiger partial charge in [0.05, 0.1) is 25.3 Å². The van der Waals surface area contributed by atoms with Crippen LogP contribution in [-0.4, -0.2) is 43.5 Å². The number of hydrogen-bond donors (Lipinski definition) is 0. The van der Waals surface area contributed by atoms with E-state index in [1.165, 1.54) is 17.6 Å². The van der Waals surface area contributed by atoms with Gasteiger partial charge in [0.1, 0.15) is 29.4 Å². The molecule has 11 heteroatoms. The van der Waals surface area contributed by atoms with Gasteiger partial charge in [0, 0.05) is 23.3 Å². The Bertz CT molecular complexity index is 1890. The Morgan fingerprint density at radius 3 is 2.49 bits per heavy atom. The third-order valence-corrected chi connectivity index (χ3v) is 8.24. The summed E-state index contributed by atoms with van der Waals surface area (Å²) in [5.74, 6) is 1.93. The maximum Gasteiger partial charge on any atom is 0.294 e. The second kappa shape index (κ2) is 9.75. The predicted octanol–water partition coefficient (Wildman–Crippen LogP) is 5.87. The highest BCUT2D eigenvalue weighted by molar-refractivity contribution is 7.90. The van der Waals surface area contributed by atoms with Crippen molar-refractivity contribution in [3.05, 3.63) is 78.5 Å². The highest BCUT2D eigenvalue weighted by Crippen LogP contribution is 2.35. The maximum absolute atomic E-state index is 11.8. The standard InChI is InChI=1S/C28H23N3O6S2/c1-34-21-12-19(16-36-20-6-4-5-18(11-20)17-7-9-22(10-8-17)39(3,32)33)23-14-26(37-25(23)13-21)24-15-31-27(29-24)38-28(30-31)35-2/h4-15H,16H2,1-3H3. The second-order valence-corrected chi connectivity index (χ2v) is 11.8. The van der Waals surface area contributed by atoms with Crippen LogP contribution >= 0.6 is 11.3 Å². The SMILES string of the molecule is COc1cc(COc2cccc(-c3ccc(S(C)(=O)=O)cc3)c2)c2cc(-c3cn4nc(OC)sc4n3)oc2c1. The molecule has 0 saturated carbocycles. The molecule has 0 unspecified atom stereocenters. The molecule has 0 atom stereocenters. The van der Waals surface area contributed by atoms with Gasteiger partial charge in [-0.2, -0.15) is 0 Å². The molecule has 0 aliphatic rings. The molecule has 39 heavy (non-hydrogen) atoms. The number of nitrogens with zero attached hydrogens (tertiary/aromatic N) is 3. The lowest BCUT2D eigenvalue weighted by molar-refractivity contribution is 0.307. The predicted molar refractivity (Wildman–Crippen MR) is 148 cm³/mol. The van der Waals surface area contributed by atoms with E-state index in [9.17, 15) is 8.42 Å². The Labute approximate surface area is 228 Å². The van der Waals surface area contributed by atoms with Crippen LogP contribution in [0.5, 0.6) is 16.7 Å². The molecular weight excluding hydrogens is 538 g/mol. The van der Waals surface area contributed by atoms with Crippen LogP contribution in [0.2, 0.25) is 0 Å². The Morgan fingerprint density at radius 1 is 0.949 bits per heavy atom. The molecule has 0 aliphatic carbocycles. The molecule has 3 aromatic carbocycles. The fourth-order valence-corrected chi connectivity index (χ4v) is 5.58. The smallest absolute Gasteiger partial charge is 0.294 e. The Hall–Kier alpha value is -4.35. The lowest BCUT2D eigenvalue weighted by Crippen LogP contribution is -1.97. The van der Waals surface area contributed by atoms with Crippen molar-refractivity contribution in [2.75, 3.05) is 20.5 Å². The van der Waals surface area contributed by atoms with Gasteiger partial charge >= 0.3 is 0 Å². The molecule has 0 fully saturated rings. The topological polar surface area (TPSA) is 105 Å². The van der Waals surface area contributed by atoms with E-state index < -0.39 is 9.84 Å². The Kier molecular flexibility index (Phi) is 6.24. The van der Waals surface area contributed by atoms with Crippen LogP contribution in [0.15, 0.2) is 82.2 Å². The van der Waals surface area contributed by atoms with Gasteiger partial charge in [-0.15, -0.1) is 5.10 Å². The van der Waals surface area contributed by atoms with E-state index in [0.717, 1.165) is 22.1 Å². The van der Waals surface area contributed by atoms with Crippen LogP contribution in [0.25, 0.3) is 38.5 Å². The zero-order chi connectivity index (χ0) is 27.1. The first-order valence-corrected chi connectivity index (χ1v) is 14.6. The minimum atomic E-state index is -3.25. The fraction of sp³-hybridized carbons (Fsp3) is 0.143. The second-order valence-electron chi connectivity index (χ2n) is 8.85.